The first kappa shape index (κ1) is 8.05. The number of nitrogens with one attached hydrogen (secondary N) is 1. The SMILES string of the molecule is CC(C=O)c1cccc2[nH]ccc12. The lowest BCUT2D eigenvalue weighted by molar-refractivity contribution is -0.108. The number of aromatic nitrogens is 1. The molecule has 1 atom stereocenters. The number of fused-ring (bicyclic) bond motifs is 1. The van der Waals surface area contributed by atoms with E-state index in [2.05, 4.69) is 4.98 Å². The van der Waals surface area contributed by atoms with Gasteiger partial charge in [0, 0.05) is 23.0 Å². The number of aromatic amines is 1. The van der Waals surface area contributed by atoms with Gasteiger partial charge in [-0.25, -0.2) is 0 Å². The van der Waals surface area contributed by atoms with Crippen LogP contribution in [0.3, 0.4) is 0 Å². The highest BCUT2D eigenvalue weighted by atomic mass is 16.1. The Morgan fingerprint density at radius 1 is 1.38 bits per heavy atom. The van der Waals surface area contributed by atoms with Crippen molar-refractivity contribution in [3.63, 3.8) is 0 Å². The van der Waals surface area contributed by atoms with Crippen LogP contribution in [0.4, 0.5) is 0 Å². The molecule has 66 valence electrons. The maximum absolute atomic E-state index is 10.7. The highest BCUT2D eigenvalue weighted by Crippen LogP contribution is 2.23. The molecule has 0 spiro atoms. The molecule has 2 heteroatoms. The Hall–Kier alpha value is -1.57. The topological polar surface area (TPSA) is 32.9 Å². The van der Waals surface area contributed by atoms with Crippen molar-refractivity contribution >= 4 is 17.2 Å². The van der Waals surface area contributed by atoms with Gasteiger partial charge in [-0.3, -0.25) is 0 Å². The van der Waals surface area contributed by atoms with Crippen LogP contribution < -0.4 is 0 Å². The van der Waals surface area contributed by atoms with Crippen LogP contribution >= 0.6 is 0 Å². The maximum atomic E-state index is 10.7. The zero-order valence-electron chi connectivity index (χ0n) is 7.45. The Balaban J connectivity index is 2.67. The molecule has 0 radical (unpaired) electrons. The molecule has 0 fully saturated rings. The van der Waals surface area contributed by atoms with Crippen LogP contribution in [0.5, 0.6) is 0 Å². The summed E-state index contributed by atoms with van der Waals surface area (Å²) >= 11 is 0. The van der Waals surface area contributed by atoms with Gasteiger partial charge in [-0.1, -0.05) is 19.1 Å². The lowest BCUT2D eigenvalue weighted by atomic mass is 9.99. The molecule has 1 unspecified atom stereocenters. The fourth-order valence-corrected chi connectivity index (χ4v) is 1.58. The smallest absolute Gasteiger partial charge is 0.127 e. The number of rotatable bonds is 2. The van der Waals surface area contributed by atoms with Gasteiger partial charge in [0.25, 0.3) is 0 Å². The summed E-state index contributed by atoms with van der Waals surface area (Å²) in [6.45, 7) is 1.91. The van der Waals surface area contributed by atoms with Crippen LogP contribution in [0, 0.1) is 0 Å². The number of hydrogen-bond acceptors (Lipinski definition) is 1. The van der Waals surface area contributed by atoms with E-state index in [4.69, 9.17) is 0 Å². The lowest BCUT2D eigenvalue weighted by Crippen LogP contribution is -1.94. The third kappa shape index (κ3) is 1.24. The van der Waals surface area contributed by atoms with Gasteiger partial charge in [0.2, 0.25) is 0 Å². The third-order valence-corrected chi connectivity index (χ3v) is 2.32. The molecule has 0 bridgehead atoms. The van der Waals surface area contributed by atoms with E-state index in [0.29, 0.717) is 0 Å². The number of benzene rings is 1. The van der Waals surface area contributed by atoms with Gasteiger partial charge < -0.3 is 9.78 Å². The van der Waals surface area contributed by atoms with Gasteiger partial charge >= 0.3 is 0 Å². The standard InChI is InChI=1S/C11H11NO/c1-8(7-13)9-3-2-4-11-10(9)5-6-12-11/h2-8,12H,1H3. The molecular formula is C11H11NO. The Bertz CT molecular complexity index is 430. The number of H-pyrrole nitrogens is 1. The van der Waals surface area contributed by atoms with Crippen LogP contribution in [0.2, 0.25) is 0 Å². The van der Waals surface area contributed by atoms with Crippen LogP contribution in [0.25, 0.3) is 10.9 Å². The summed E-state index contributed by atoms with van der Waals surface area (Å²) in [4.78, 5) is 13.8. The minimum Gasteiger partial charge on any atom is -0.361 e. The summed E-state index contributed by atoms with van der Waals surface area (Å²) in [5.74, 6) is -0.0282. The first-order chi connectivity index (χ1) is 6.33. The number of carbonyl (C=O) groups is 1. The second-order valence-corrected chi connectivity index (χ2v) is 3.21. The molecule has 0 saturated carbocycles. The average molecular weight is 173 g/mol. The zero-order chi connectivity index (χ0) is 9.26. The molecular weight excluding hydrogens is 162 g/mol. The molecule has 0 aliphatic heterocycles. The Morgan fingerprint density at radius 3 is 3.00 bits per heavy atom. The monoisotopic (exact) mass is 173 g/mol. The third-order valence-electron chi connectivity index (χ3n) is 2.32. The van der Waals surface area contributed by atoms with E-state index < -0.39 is 0 Å². The quantitative estimate of drug-likeness (QED) is 0.695. The number of aldehydes is 1. The van der Waals surface area contributed by atoms with Gasteiger partial charge in [0.1, 0.15) is 6.29 Å². The van der Waals surface area contributed by atoms with Crippen LogP contribution in [-0.4, -0.2) is 11.3 Å². The molecule has 1 heterocycles. The second-order valence-electron chi connectivity index (χ2n) is 3.21. The molecule has 2 rings (SSSR count). The summed E-state index contributed by atoms with van der Waals surface area (Å²) < 4.78 is 0. The summed E-state index contributed by atoms with van der Waals surface area (Å²) in [5.41, 5.74) is 2.18. The molecule has 0 aliphatic carbocycles. The maximum Gasteiger partial charge on any atom is 0.127 e. The number of carbonyl (C=O) groups excluding carboxylic acids is 1. The predicted molar refractivity (Wildman–Crippen MR) is 52.8 cm³/mol. The Morgan fingerprint density at radius 2 is 2.23 bits per heavy atom. The molecule has 2 aromatic rings. The normalized spacial score (nSPS) is 13.0. The summed E-state index contributed by atoms with van der Waals surface area (Å²) in [5, 5.41) is 1.14. The van der Waals surface area contributed by atoms with Crippen LogP contribution in [0.15, 0.2) is 30.5 Å². The predicted octanol–water partition coefficient (Wildman–Crippen LogP) is 2.47. The van der Waals surface area contributed by atoms with E-state index in [9.17, 15) is 4.79 Å². The highest BCUT2D eigenvalue weighted by Gasteiger charge is 2.07. The van der Waals surface area contributed by atoms with Crippen molar-refractivity contribution in [3.05, 3.63) is 36.0 Å². The first-order valence-electron chi connectivity index (χ1n) is 4.34. The van der Waals surface area contributed by atoms with Crippen molar-refractivity contribution in [1.29, 1.82) is 0 Å². The largest absolute Gasteiger partial charge is 0.361 e. The minimum atomic E-state index is -0.0282. The molecule has 1 aromatic heterocycles. The molecule has 2 nitrogen and oxygen atoms in total. The van der Waals surface area contributed by atoms with Crippen molar-refractivity contribution in [2.75, 3.05) is 0 Å². The van der Waals surface area contributed by atoms with E-state index in [0.717, 1.165) is 22.8 Å². The molecule has 1 N–H and O–H groups in total. The number of hydrogen-bond donors (Lipinski definition) is 1. The highest BCUT2D eigenvalue weighted by molar-refractivity contribution is 5.86. The second kappa shape index (κ2) is 3.05. The van der Waals surface area contributed by atoms with E-state index in [1.54, 1.807) is 0 Å². The van der Waals surface area contributed by atoms with Gasteiger partial charge in [-0.2, -0.15) is 0 Å². The minimum absolute atomic E-state index is 0.0282. The molecule has 1 aromatic carbocycles. The summed E-state index contributed by atoms with van der Waals surface area (Å²) in [7, 11) is 0. The fourth-order valence-electron chi connectivity index (χ4n) is 1.58. The van der Waals surface area contributed by atoms with E-state index in [1.807, 2.05) is 37.4 Å². The molecule has 0 amide bonds. The van der Waals surface area contributed by atoms with Crippen molar-refractivity contribution in [2.45, 2.75) is 12.8 Å². The zero-order valence-corrected chi connectivity index (χ0v) is 7.45. The van der Waals surface area contributed by atoms with Crippen molar-refractivity contribution in [1.82, 2.24) is 4.98 Å². The van der Waals surface area contributed by atoms with Crippen LogP contribution in [0.1, 0.15) is 18.4 Å². The van der Waals surface area contributed by atoms with E-state index in [-0.39, 0.29) is 5.92 Å². The van der Waals surface area contributed by atoms with Crippen LogP contribution in [-0.2, 0) is 4.79 Å². The van der Waals surface area contributed by atoms with Crippen molar-refractivity contribution in [2.24, 2.45) is 0 Å². The fraction of sp³-hybridized carbons (Fsp3) is 0.182. The Kier molecular flexibility index (Phi) is 1.89. The van der Waals surface area contributed by atoms with E-state index >= 15 is 0 Å². The van der Waals surface area contributed by atoms with Gasteiger partial charge in [0.15, 0.2) is 0 Å². The first-order valence-corrected chi connectivity index (χ1v) is 4.34. The molecule has 0 saturated heterocycles. The van der Waals surface area contributed by atoms with Crippen molar-refractivity contribution < 1.29 is 4.79 Å². The summed E-state index contributed by atoms with van der Waals surface area (Å²) in [6.07, 6.45) is 2.87. The summed E-state index contributed by atoms with van der Waals surface area (Å²) in [6, 6.07) is 7.98. The van der Waals surface area contributed by atoms with Gasteiger partial charge in [0.05, 0.1) is 0 Å². The average Bonchev–Trinajstić information content (AvgIpc) is 2.63. The molecule has 0 aliphatic rings. The van der Waals surface area contributed by atoms with E-state index in [1.165, 1.54) is 0 Å². The van der Waals surface area contributed by atoms with Gasteiger partial charge in [-0.15, -0.1) is 0 Å². The van der Waals surface area contributed by atoms with Crippen molar-refractivity contribution in [3.8, 4) is 0 Å². The lowest BCUT2D eigenvalue weighted by Gasteiger charge is -2.04. The van der Waals surface area contributed by atoms with Gasteiger partial charge in [-0.05, 0) is 17.7 Å². The Labute approximate surface area is 76.6 Å². The molecule has 13 heavy (non-hydrogen) atoms.